The van der Waals surface area contributed by atoms with E-state index >= 15 is 0 Å². The van der Waals surface area contributed by atoms with Gasteiger partial charge in [-0.05, 0) is 48.2 Å². The highest BCUT2D eigenvalue weighted by molar-refractivity contribution is 5.94. The summed E-state index contributed by atoms with van der Waals surface area (Å²) in [6.07, 6.45) is 1.23. The number of carbonyl (C=O) groups is 1. The van der Waals surface area contributed by atoms with Gasteiger partial charge in [0.05, 0.1) is 6.10 Å². The summed E-state index contributed by atoms with van der Waals surface area (Å²) < 4.78 is 0. The fourth-order valence-corrected chi connectivity index (χ4v) is 4.12. The van der Waals surface area contributed by atoms with E-state index in [1.807, 2.05) is 0 Å². The molecule has 4 rings (SSSR count). The molecule has 2 aliphatic rings. The van der Waals surface area contributed by atoms with Crippen LogP contribution in [0.15, 0.2) is 48.5 Å². The maximum Gasteiger partial charge on any atom is 0.253 e. The van der Waals surface area contributed by atoms with Crippen molar-refractivity contribution in [1.29, 1.82) is 0 Å². The number of rotatable bonds is 2. The largest absolute Gasteiger partial charge is 0.508 e. The minimum absolute atomic E-state index is 0.0900. The zero-order chi connectivity index (χ0) is 18.1. The Bertz CT molecular complexity index is 790. The Morgan fingerprint density at radius 2 is 1.73 bits per heavy atom. The Kier molecular flexibility index (Phi) is 4.66. The molecule has 1 amide bonds. The van der Waals surface area contributed by atoms with E-state index in [2.05, 4.69) is 29.2 Å². The summed E-state index contributed by atoms with van der Waals surface area (Å²) in [6, 6.07) is 14.9. The normalized spacial score (nSPS) is 23.5. The molecule has 0 radical (unpaired) electrons. The van der Waals surface area contributed by atoms with E-state index in [0.717, 1.165) is 25.9 Å². The Labute approximate surface area is 153 Å². The van der Waals surface area contributed by atoms with Crippen molar-refractivity contribution in [2.75, 3.05) is 19.6 Å². The summed E-state index contributed by atoms with van der Waals surface area (Å²) in [6.45, 7) is 2.80. The molecule has 0 aliphatic carbocycles. The van der Waals surface area contributed by atoms with Crippen LogP contribution >= 0.6 is 0 Å². The number of aromatic hydroxyl groups is 1. The quantitative estimate of drug-likeness (QED) is 0.868. The van der Waals surface area contributed by atoms with Gasteiger partial charge >= 0.3 is 0 Å². The van der Waals surface area contributed by atoms with Crippen molar-refractivity contribution in [2.45, 2.75) is 31.5 Å². The molecule has 0 spiro atoms. The summed E-state index contributed by atoms with van der Waals surface area (Å²) in [5.41, 5.74) is 3.28. The average molecular weight is 352 g/mol. The third-order valence-corrected chi connectivity index (χ3v) is 5.58. The number of phenolic OH excluding ortho intramolecular Hbond substituents is 1. The highest BCUT2D eigenvalue weighted by Crippen LogP contribution is 2.26. The van der Waals surface area contributed by atoms with Crippen molar-refractivity contribution in [2.24, 2.45) is 0 Å². The van der Waals surface area contributed by atoms with Crippen LogP contribution in [0.25, 0.3) is 0 Å². The van der Waals surface area contributed by atoms with E-state index in [1.165, 1.54) is 23.3 Å². The van der Waals surface area contributed by atoms with Crippen molar-refractivity contribution >= 4 is 5.91 Å². The topological polar surface area (TPSA) is 64.0 Å². The fourth-order valence-electron chi connectivity index (χ4n) is 4.12. The Morgan fingerprint density at radius 3 is 2.46 bits per heavy atom. The number of likely N-dealkylation sites (tertiary alicyclic amines) is 1. The van der Waals surface area contributed by atoms with Crippen LogP contribution in [0.3, 0.4) is 0 Å². The van der Waals surface area contributed by atoms with Crippen molar-refractivity contribution in [3.63, 3.8) is 0 Å². The number of benzene rings is 2. The van der Waals surface area contributed by atoms with E-state index < -0.39 is 6.10 Å². The lowest BCUT2D eigenvalue weighted by Crippen LogP contribution is -2.56. The molecule has 2 atom stereocenters. The summed E-state index contributed by atoms with van der Waals surface area (Å²) in [7, 11) is 0. The molecule has 26 heavy (non-hydrogen) atoms. The van der Waals surface area contributed by atoms with Crippen molar-refractivity contribution in [1.82, 2.24) is 9.80 Å². The van der Waals surface area contributed by atoms with E-state index in [0.29, 0.717) is 18.7 Å². The van der Waals surface area contributed by atoms with Crippen LogP contribution in [0.5, 0.6) is 5.75 Å². The maximum atomic E-state index is 12.6. The van der Waals surface area contributed by atoms with Crippen molar-refractivity contribution in [3.05, 3.63) is 65.2 Å². The van der Waals surface area contributed by atoms with Crippen molar-refractivity contribution < 1.29 is 15.0 Å². The third-order valence-electron chi connectivity index (χ3n) is 5.58. The molecular formula is C21H24N2O3. The maximum absolute atomic E-state index is 12.6. The molecular weight excluding hydrogens is 328 g/mol. The molecule has 1 saturated heterocycles. The lowest BCUT2D eigenvalue weighted by molar-refractivity contribution is -0.0137. The van der Waals surface area contributed by atoms with Gasteiger partial charge in [0.25, 0.3) is 5.91 Å². The number of phenols is 1. The van der Waals surface area contributed by atoms with Crippen LogP contribution in [0.4, 0.5) is 0 Å². The molecule has 2 aromatic carbocycles. The van der Waals surface area contributed by atoms with Crippen LogP contribution in [-0.2, 0) is 13.0 Å². The Balaban J connectivity index is 1.41. The average Bonchev–Trinajstić information content (AvgIpc) is 2.67. The fraction of sp³-hybridized carbons (Fsp3) is 0.381. The second-order valence-corrected chi connectivity index (χ2v) is 7.21. The van der Waals surface area contributed by atoms with Gasteiger partial charge in [-0.3, -0.25) is 9.69 Å². The monoisotopic (exact) mass is 352 g/mol. The molecule has 0 unspecified atom stereocenters. The van der Waals surface area contributed by atoms with Crippen LogP contribution in [0, 0.1) is 0 Å². The summed E-state index contributed by atoms with van der Waals surface area (Å²) in [5.74, 6) is 0.0529. The van der Waals surface area contributed by atoms with Gasteiger partial charge in [0.1, 0.15) is 5.75 Å². The first-order chi connectivity index (χ1) is 12.6. The van der Waals surface area contributed by atoms with E-state index in [4.69, 9.17) is 0 Å². The number of fused-ring (bicyclic) bond motifs is 1. The highest BCUT2D eigenvalue weighted by Gasteiger charge is 2.35. The molecule has 0 saturated carbocycles. The van der Waals surface area contributed by atoms with E-state index in [-0.39, 0.29) is 17.7 Å². The number of hydrogen-bond donors (Lipinski definition) is 2. The Hall–Kier alpha value is -2.37. The van der Waals surface area contributed by atoms with Crippen LogP contribution in [0.1, 0.15) is 27.9 Å². The van der Waals surface area contributed by atoms with Gasteiger partial charge in [-0.2, -0.15) is 0 Å². The Morgan fingerprint density at radius 1 is 1.00 bits per heavy atom. The van der Waals surface area contributed by atoms with E-state index in [9.17, 15) is 15.0 Å². The molecule has 5 heteroatoms. The number of piperidine rings is 1. The number of aliphatic hydroxyl groups is 1. The second kappa shape index (κ2) is 7.09. The molecule has 2 heterocycles. The zero-order valence-corrected chi connectivity index (χ0v) is 14.7. The van der Waals surface area contributed by atoms with Gasteiger partial charge in [-0.15, -0.1) is 0 Å². The van der Waals surface area contributed by atoms with Gasteiger partial charge in [-0.1, -0.05) is 24.3 Å². The smallest absolute Gasteiger partial charge is 0.253 e. The van der Waals surface area contributed by atoms with Gasteiger partial charge in [0.15, 0.2) is 0 Å². The van der Waals surface area contributed by atoms with Crippen LogP contribution < -0.4 is 0 Å². The first-order valence-electron chi connectivity index (χ1n) is 9.19. The lowest BCUT2D eigenvalue weighted by atomic mass is 9.94. The first kappa shape index (κ1) is 17.1. The van der Waals surface area contributed by atoms with Crippen LogP contribution in [0.2, 0.25) is 0 Å². The summed E-state index contributed by atoms with van der Waals surface area (Å²) >= 11 is 0. The molecule has 5 nitrogen and oxygen atoms in total. The van der Waals surface area contributed by atoms with Gasteiger partial charge < -0.3 is 15.1 Å². The van der Waals surface area contributed by atoms with Crippen LogP contribution in [-0.4, -0.2) is 57.7 Å². The number of amides is 1. The molecule has 2 aromatic rings. The lowest BCUT2D eigenvalue weighted by Gasteiger charge is -2.43. The number of β-amino-alcohol motifs (C(OH)–C–C–N with tert-alkyl or cyclic N) is 1. The molecule has 136 valence electrons. The predicted molar refractivity (Wildman–Crippen MR) is 99.0 cm³/mol. The summed E-state index contributed by atoms with van der Waals surface area (Å²) in [4.78, 5) is 16.7. The number of carbonyl (C=O) groups excluding carboxylic acids is 1. The van der Waals surface area contributed by atoms with Gasteiger partial charge in [0, 0.05) is 37.8 Å². The molecule has 2 N–H and O–H groups in total. The SMILES string of the molecule is O=C(c1ccc(O)cc1)N1CC[C@@H](N2CCc3ccccc3C2)[C@H](O)C1. The minimum Gasteiger partial charge on any atom is -0.508 e. The van der Waals surface area contributed by atoms with Crippen molar-refractivity contribution in [3.8, 4) is 5.75 Å². The van der Waals surface area contributed by atoms with Gasteiger partial charge in [-0.25, -0.2) is 0 Å². The highest BCUT2D eigenvalue weighted by atomic mass is 16.3. The summed E-state index contributed by atoms with van der Waals surface area (Å²) in [5, 5.41) is 20.1. The zero-order valence-electron chi connectivity index (χ0n) is 14.7. The number of hydrogen-bond acceptors (Lipinski definition) is 4. The molecule has 0 bridgehead atoms. The third kappa shape index (κ3) is 3.32. The van der Waals surface area contributed by atoms with E-state index in [1.54, 1.807) is 17.0 Å². The molecule has 2 aliphatic heterocycles. The number of aliphatic hydroxyl groups excluding tert-OH is 1. The minimum atomic E-state index is -0.546. The molecule has 0 aromatic heterocycles. The standard InChI is InChI=1S/C21H24N2O3/c24-18-7-5-16(6-8-18)21(26)23-12-10-19(20(25)14-23)22-11-9-15-3-1-2-4-17(15)13-22/h1-8,19-20,24-25H,9-14H2/t19-,20-/m1/s1. The first-order valence-corrected chi connectivity index (χ1v) is 9.19. The molecule has 1 fully saturated rings. The second-order valence-electron chi connectivity index (χ2n) is 7.21. The van der Waals surface area contributed by atoms with Gasteiger partial charge in [0.2, 0.25) is 0 Å². The number of nitrogens with zero attached hydrogens (tertiary/aromatic N) is 2. The predicted octanol–water partition coefficient (Wildman–Crippen LogP) is 2.03.